The van der Waals surface area contributed by atoms with E-state index in [1.165, 1.54) is 26.5 Å². The van der Waals surface area contributed by atoms with Gasteiger partial charge in [-0.2, -0.15) is 0 Å². The van der Waals surface area contributed by atoms with Gasteiger partial charge < -0.3 is 9.47 Å². The van der Waals surface area contributed by atoms with Crippen molar-refractivity contribution in [2.45, 2.75) is 12.8 Å². The number of carbonyl (C=O) groups excluding carboxylic acids is 1. The van der Waals surface area contributed by atoms with Crippen LogP contribution in [-0.4, -0.2) is 25.2 Å². The average Bonchev–Trinajstić information content (AvgIpc) is 2.28. The van der Waals surface area contributed by atoms with Crippen molar-refractivity contribution in [1.29, 1.82) is 0 Å². The van der Waals surface area contributed by atoms with Gasteiger partial charge in [-0.05, 0) is 11.6 Å². The molecule has 0 amide bonds. The topological polar surface area (TPSA) is 48.4 Å². The number of hydrogen-bond acceptors (Lipinski definition) is 4. The highest BCUT2D eigenvalue weighted by atomic mass is 19.3. The van der Waals surface area contributed by atoms with Crippen LogP contribution in [0.15, 0.2) is 12.3 Å². The first-order chi connectivity index (χ1) is 7.58. The van der Waals surface area contributed by atoms with Crippen molar-refractivity contribution < 1.29 is 23.0 Å². The summed E-state index contributed by atoms with van der Waals surface area (Å²) < 4.78 is 34.1. The standard InChI is InChI=1S/C10H11F2NO3/c1-15-7-3-6(4-8(14)16-2)5-13-9(7)10(11)12/h3,5,10H,4H2,1-2H3. The van der Waals surface area contributed by atoms with Crippen LogP contribution in [0.3, 0.4) is 0 Å². The maximum absolute atomic E-state index is 12.4. The van der Waals surface area contributed by atoms with Gasteiger partial charge in [-0.3, -0.25) is 9.78 Å². The number of ether oxygens (including phenoxy) is 2. The monoisotopic (exact) mass is 231 g/mol. The van der Waals surface area contributed by atoms with Crippen LogP contribution < -0.4 is 4.74 Å². The molecule has 0 aliphatic rings. The lowest BCUT2D eigenvalue weighted by Crippen LogP contribution is -2.06. The Morgan fingerprint density at radius 3 is 2.69 bits per heavy atom. The van der Waals surface area contributed by atoms with Gasteiger partial charge in [0.15, 0.2) is 0 Å². The van der Waals surface area contributed by atoms with Crippen LogP contribution in [0.25, 0.3) is 0 Å². The molecule has 88 valence electrons. The lowest BCUT2D eigenvalue weighted by atomic mass is 10.2. The number of esters is 1. The predicted molar refractivity (Wildman–Crippen MR) is 51.5 cm³/mol. The minimum absolute atomic E-state index is 0.0244. The molecule has 1 rings (SSSR count). The summed E-state index contributed by atoms with van der Waals surface area (Å²) >= 11 is 0. The van der Waals surface area contributed by atoms with Gasteiger partial charge >= 0.3 is 5.97 Å². The van der Waals surface area contributed by atoms with Crippen molar-refractivity contribution in [3.63, 3.8) is 0 Å². The number of hydrogen-bond donors (Lipinski definition) is 0. The minimum atomic E-state index is -2.71. The normalized spacial score (nSPS) is 10.3. The Morgan fingerprint density at radius 1 is 1.50 bits per heavy atom. The Labute approximate surface area is 91.2 Å². The molecule has 0 unspecified atom stereocenters. The second kappa shape index (κ2) is 5.39. The Bertz CT molecular complexity index is 382. The van der Waals surface area contributed by atoms with E-state index in [0.29, 0.717) is 5.56 Å². The van der Waals surface area contributed by atoms with Crippen molar-refractivity contribution in [2.24, 2.45) is 0 Å². The Balaban J connectivity index is 2.95. The number of alkyl halides is 2. The van der Waals surface area contributed by atoms with E-state index in [-0.39, 0.29) is 12.2 Å². The molecule has 0 aromatic carbocycles. The third-order valence-electron chi connectivity index (χ3n) is 1.94. The fraction of sp³-hybridized carbons (Fsp3) is 0.400. The summed E-state index contributed by atoms with van der Waals surface area (Å²) in [6.07, 6.45) is -1.52. The van der Waals surface area contributed by atoms with Gasteiger partial charge in [-0.15, -0.1) is 0 Å². The maximum atomic E-state index is 12.4. The van der Waals surface area contributed by atoms with Crippen LogP contribution in [-0.2, 0) is 16.0 Å². The number of carbonyl (C=O) groups is 1. The zero-order valence-corrected chi connectivity index (χ0v) is 8.87. The number of pyridine rings is 1. The first kappa shape index (κ1) is 12.4. The second-order valence-electron chi connectivity index (χ2n) is 2.98. The molecule has 0 N–H and O–H groups in total. The highest BCUT2D eigenvalue weighted by Crippen LogP contribution is 2.27. The van der Waals surface area contributed by atoms with Crippen molar-refractivity contribution >= 4 is 5.97 Å². The fourth-order valence-electron chi connectivity index (χ4n) is 1.16. The molecule has 1 aromatic rings. The molecule has 1 aromatic heterocycles. The van der Waals surface area contributed by atoms with Gasteiger partial charge in [0, 0.05) is 6.20 Å². The third kappa shape index (κ3) is 2.88. The number of rotatable bonds is 4. The van der Waals surface area contributed by atoms with E-state index in [9.17, 15) is 13.6 Å². The summed E-state index contributed by atoms with van der Waals surface area (Å²) in [5, 5.41) is 0. The van der Waals surface area contributed by atoms with Crippen LogP contribution in [0.1, 0.15) is 17.7 Å². The van der Waals surface area contributed by atoms with E-state index in [4.69, 9.17) is 4.74 Å². The molecule has 1 heterocycles. The van der Waals surface area contributed by atoms with Crippen LogP contribution in [0, 0.1) is 0 Å². The number of aromatic nitrogens is 1. The van der Waals surface area contributed by atoms with Crippen LogP contribution in [0.5, 0.6) is 5.75 Å². The van der Waals surface area contributed by atoms with Gasteiger partial charge in [0.2, 0.25) is 0 Å². The molecular weight excluding hydrogens is 220 g/mol. The zero-order chi connectivity index (χ0) is 12.1. The summed E-state index contributed by atoms with van der Waals surface area (Å²) in [7, 11) is 2.52. The predicted octanol–water partition coefficient (Wildman–Crippen LogP) is 1.74. The third-order valence-corrected chi connectivity index (χ3v) is 1.94. The van der Waals surface area contributed by atoms with Gasteiger partial charge in [-0.25, -0.2) is 8.78 Å². The molecular formula is C10H11F2NO3. The fourth-order valence-corrected chi connectivity index (χ4v) is 1.16. The first-order valence-electron chi connectivity index (χ1n) is 4.46. The Kier molecular flexibility index (Phi) is 4.16. The van der Waals surface area contributed by atoms with Gasteiger partial charge in [-0.1, -0.05) is 0 Å². The second-order valence-corrected chi connectivity index (χ2v) is 2.98. The van der Waals surface area contributed by atoms with E-state index in [1.54, 1.807) is 0 Å². The molecule has 0 atom stereocenters. The van der Waals surface area contributed by atoms with Crippen molar-refractivity contribution in [1.82, 2.24) is 4.98 Å². The zero-order valence-electron chi connectivity index (χ0n) is 8.87. The van der Waals surface area contributed by atoms with Crippen molar-refractivity contribution in [3.05, 3.63) is 23.5 Å². The molecule has 0 bridgehead atoms. The van der Waals surface area contributed by atoms with Crippen LogP contribution >= 0.6 is 0 Å². The molecule has 0 spiro atoms. The van der Waals surface area contributed by atoms with E-state index in [0.717, 1.165) is 0 Å². The quantitative estimate of drug-likeness (QED) is 0.740. The molecule has 0 saturated heterocycles. The Morgan fingerprint density at radius 2 is 2.19 bits per heavy atom. The highest BCUT2D eigenvalue weighted by molar-refractivity contribution is 5.72. The molecule has 0 radical (unpaired) electrons. The maximum Gasteiger partial charge on any atom is 0.310 e. The molecule has 6 heteroatoms. The minimum Gasteiger partial charge on any atom is -0.495 e. The number of nitrogens with zero attached hydrogens (tertiary/aromatic N) is 1. The highest BCUT2D eigenvalue weighted by Gasteiger charge is 2.16. The van der Waals surface area contributed by atoms with Crippen LogP contribution in [0.2, 0.25) is 0 Å². The molecule has 0 aliphatic carbocycles. The van der Waals surface area contributed by atoms with Gasteiger partial charge in [0.25, 0.3) is 6.43 Å². The SMILES string of the molecule is COC(=O)Cc1cnc(C(F)F)c(OC)c1. The summed E-state index contributed by atoms with van der Waals surface area (Å²) in [5.74, 6) is -0.495. The average molecular weight is 231 g/mol. The summed E-state index contributed by atoms with van der Waals surface area (Å²) in [5.41, 5.74) is 0.0317. The molecule has 0 saturated carbocycles. The molecule has 16 heavy (non-hydrogen) atoms. The number of halogens is 2. The largest absolute Gasteiger partial charge is 0.495 e. The van der Waals surface area contributed by atoms with E-state index in [2.05, 4.69) is 9.72 Å². The summed E-state index contributed by atoms with van der Waals surface area (Å²) in [6.45, 7) is 0. The molecule has 0 aliphatic heterocycles. The van der Waals surface area contributed by atoms with Crippen molar-refractivity contribution in [2.75, 3.05) is 14.2 Å². The lowest BCUT2D eigenvalue weighted by molar-refractivity contribution is -0.139. The Hall–Kier alpha value is -1.72. The van der Waals surface area contributed by atoms with Crippen LogP contribution in [0.4, 0.5) is 8.78 Å². The number of methoxy groups -OCH3 is 2. The lowest BCUT2D eigenvalue weighted by Gasteiger charge is -2.08. The molecule has 0 fully saturated rings. The smallest absolute Gasteiger partial charge is 0.310 e. The van der Waals surface area contributed by atoms with E-state index in [1.807, 2.05) is 0 Å². The van der Waals surface area contributed by atoms with E-state index < -0.39 is 18.1 Å². The van der Waals surface area contributed by atoms with Gasteiger partial charge in [0.1, 0.15) is 11.4 Å². The summed E-state index contributed by atoms with van der Waals surface area (Å²) in [4.78, 5) is 14.5. The summed E-state index contributed by atoms with van der Waals surface area (Å²) in [6, 6.07) is 1.35. The van der Waals surface area contributed by atoms with Gasteiger partial charge in [0.05, 0.1) is 20.6 Å². The van der Waals surface area contributed by atoms with E-state index >= 15 is 0 Å². The molecule has 4 nitrogen and oxygen atoms in total. The first-order valence-corrected chi connectivity index (χ1v) is 4.46. The van der Waals surface area contributed by atoms with Crippen molar-refractivity contribution in [3.8, 4) is 5.75 Å².